The molecule has 0 spiro atoms. The summed E-state index contributed by atoms with van der Waals surface area (Å²) in [5.74, 6) is 0. The van der Waals surface area contributed by atoms with Crippen molar-refractivity contribution in [2.75, 3.05) is 13.2 Å². The molecule has 0 aliphatic heterocycles. The predicted molar refractivity (Wildman–Crippen MR) is 80.4 cm³/mol. The van der Waals surface area contributed by atoms with Gasteiger partial charge in [-0.2, -0.15) is 0 Å². The monoisotopic (exact) mass is 269 g/mol. The average Bonchev–Trinajstić information content (AvgIpc) is 2.84. The van der Waals surface area contributed by atoms with Gasteiger partial charge < -0.3 is 10.1 Å². The SMILES string of the molecule is CCCNC(CCCc1cccs1)COC(C)C. The number of ether oxygens (including phenoxy) is 1. The lowest BCUT2D eigenvalue weighted by atomic mass is 10.1. The number of rotatable bonds is 10. The zero-order valence-corrected chi connectivity index (χ0v) is 12.8. The van der Waals surface area contributed by atoms with E-state index in [0.29, 0.717) is 12.1 Å². The van der Waals surface area contributed by atoms with Gasteiger partial charge in [0.05, 0.1) is 12.7 Å². The Bertz CT molecular complexity index is 285. The summed E-state index contributed by atoms with van der Waals surface area (Å²) in [6.45, 7) is 8.33. The van der Waals surface area contributed by atoms with Crippen molar-refractivity contribution in [1.82, 2.24) is 5.32 Å². The second-order valence-electron chi connectivity index (χ2n) is 5.00. The minimum atomic E-state index is 0.327. The van der Waals surface area contributed by atoms with Crippen LogP contribution >= 0.6 is 11.3 Å². The Kier molecular flexibility index (Phi) is 8.31. The Morgan fingerprint density at radius 3 is 2.83 bits per heavy atom. The van der Waals surface area contributed by atoms with Crippen molar-refractivity contribution >= 4 is 11.3 Å². The Morgan fingerprint density at radius 1 is 1.39 bits per heavy atom. The summed E-state index contributed by atoms with van der Waals surface area (Å²) in [6, 6.07) is 4.87. The molecule has 0 aliphatic carbocycles. The molecular weight excluding hydrogens is 242 g/mol. The van der Waals surface area contributed by atoms with E-state index in [1.165, 1.54) is 30.6 Å². The number of hydrogen-bond acceptors (Lipinski definition) is 3. The first-order chi connectivity index (χ1) is 8.72. The quantitative estimate of drug-likeness (QED) is 0.696. The molecule has 1 aromatic heterocycles. The highest BCUT2D eigenvalue weighted by molar-refractivity contribution is 7.09. The van der Waals surface area contributed by atoms with E-state index in [9.17, 15) is 0 Å². The van der Waals surface area contributed by atoms with E-state index in [0.717, 1.165) is 13.2 Å². The lowest BCUT2D eigenvalue weighted by Gasteiger charge is -2.20. The topological polar surface area (TPSA) is 21.3 Å². The lowest BCUT2D eigenvalue weighted by Crippen LogP contribution is -2.35. The smallest absolute Gasteiger partial charge is 0.0623 e. The molecule has 0 radical (unpaired) electrons. The van der Waals surface area contributed by atoms with Crippen LogP contribution in [-0.2, 0) is 11.2 Å². The maximum Gasteiger partial charge on any atom is 0.0623 e. The van der Waals surface area contributed by atoms with E-state index in [4.69, 9.17) is 4.74 Å². The van der Waals surface area contributed by atoms with Gasteiger partial charge in [0.1, 0.15) is 0 Å². The molecular formula is C15H27NOS. The van der Waals surface area contributed by atoms with Crippen LogP contribution in [0.5, 0.6) is 0 Å². The fourth-order valence-corrected chi connectivity index (χ4v) is 2.63. The van der Waals surface area contributed by atoms with E-state index in [2.05, 4.69) is 43.6 Å². The van der Waals surface area contributed by atoms with E-state index >= 15 is 0 Å². The zero-order valence-electron chi connectivity index (χ0n) is 11.9. The third-order valence-corrected chi connectivity index (χ3v) is 3.81. The number of thiophene rings is 1. The Hall–Kier alpha value is -0.380. The van der Waals surface area contributed by atoms with Crippen LogP contribution in [0.25, 0.3) is 0 Å². The third-order valence-electron chi connectivity index (χ3n) is 2.87. The van der Waals surface area contributed by atoms with Gasteiger partial charge in [0.2, 0.25) is 0 Å². The van der Waals surface area contributed by atoms with E-state index < -0.39 is 0 Å². The first-order valence-corrected chi connectivity index (χ1v) is 7.97. The molecule has 18 heavy (non-hydrogen) atoms. The Morgan fingerprint density at radius 2 is 2.22 bits per heavy atom. The van der Waals surface area contributed by atoms with Crippen molar-refractivity contribution in [3.05, 3.63) is 22.4 Å². The lowest BCUT2D eigenvalue weighted by molar-refractivity contribution is 0.0592. The molecule has 1 heterocycles. The van der Waals surface area contributed by atoms with Gasteiger partial charge in [-0.25, -0.2) is 0 Å². The average molecular weight is 269 g/mol. The largest absolute Gasteiger partial charge is 0.377 e. The van der Waals surface area contributed by atoms with Crippen LogP contribution in [0.4, 0.5) is 0 Å². The van der Waals surface area contributed by atoms with Gasteiger partial charge in [0.25, 0.3) is 0 Å². The van der Waals surface area contributed by atoms with Crippen molar-refractivity contribution in [2.45, 2.75) is 58.6 Å². The molecule has 1 atom stereocenters. The van der Waals surface area contributed by atoms with Crippen molar-refractivity contribution in [2.24, 2.45) is 0 Å². The van der Waals surface area contributed by atoms with Gasteiger partial charge in [-0.15, -0.1) is 11.3 Å². The highest BCUT2D eigenvalue weighted by Gasteiger charge is 2.09. The summed E-state index contributed by atoms with van der Waals surface area (Å²) in [5.41, 5.74) is 0. The standard InChI is InChI=1S/C15H27NOS/c1-4-10-16-14(12-17-13(2)3)7-5-8-15-9-6-11-18-15/h6,9,11,13-14,16H,4-5,7-8,10,12H2,1-3H3. The molecule has 104 valence electrons. The van der Waals surface area contributed by atoms with Crippen LogP contribution in [0.1, 0.15) is 44.9 Å². The Labute approximate surface area is 116 Å². The van der Waals surface area contributed by atoms with Gasteiger partial charge in [-0.05, 0) is 57.5 Å². The van der Waals surface area contributed by atoms with Gasteiger partial charge in [-0.3, -0.25) is 0 Å². The summed E-state index contributed by atoms with van der Waals surface area (Å²) >= 11 is 1.86. The van der Waals surface area contributed by atoms with Gasteiger partial charge >= 0.3 is 0 Å². The predicted octanol–water partition coefficient (Wildman–Crippen LogP) is 3.86. The summed E-state index contributed by atoms with van der Waals surface area (Å²) in [5, 5.41) is 5.74. The van der Waals surface area contributed by atoms with Crippen LogP contribution < -0.4 is 5.32 Å². The molecule has 0 saturated heterocycles. The van der Waals surface area contributed by atoms with E-state index in [1.54, 1.807) is 0 Å². The summed E-state index contributed by atoms with van der Waals surface area (Å²) < 4.78 is 5.73. The molecule has 1 aromatic rings. The second-order valence-corrected chi connectivity index (χ2v) is 6.04. The Balaban J connectivity index is 2.21. The van der Waals surface area contributed by atoms with E-state index in [1.807, 2.05) is 11.3 Å². The molecule has 3 heteroatoms. The number of hydrogen-bond donors (Lipinski definition) is 1. The van der Waals surface area contributed by atoms with Gasteiger partial charge in [0.15, 0.2) is 0 Å². The molecule has 1 N–H and O–H groups in total. The highest BCUT2D eigenvalue weighted by atomic mass is 32.1. The molecule has 0 bridgehead atoms. The zero-order chi connectivity index (χ0) is 13.2. The highest BCUT2D eigenvalue weighted by Crippen LogP contribution is 2.13. The van der Waals surface area contributed by atoms with Crippen LogP contribution in [0.15, 0.2) is 17.5 Å². The maximum atomic E-state index is 5.73. The summed E-state index contributed by atoms with van der Waals surface area (Å²) in [7, 11) is 0. The maximum absolute atomic E-state index is 5.73. The molecule has 0 aromatic carbocycles. The van der Waals surface area contributed by atoms with Crippen LogP contribution in [0.2, 0.25) is 0 Å². The number of nitrogens with one attached hydrogen (secondary N) is 1. The molecule has 1 rings (SSSR count). The van der Waals surface area contributed by atoms with E-state index in [-0.39, 0.29) is 0 Å². The molecule has 0 aliphatic rings. The normalized spacial score (nSPS) is 13.1. The summed E-state index contributed by atoms with van der Waals surface area (Å²) in [4.78, 5) is 1.49. The molecule has 0 saturated carbocycles. The number of aryl methyl sites for hydroxylation is 1. The minimum absolute atomic E-state index is 0.327. The first kappa shape index (κ1) is 15.7. The second kappa shape index (κ2) is 9.54. The molecule has 0 amide bonds. The van der Waals surface area contributed by atoms with Gasteiger partial charge in [0, 0.05) is 10.9 Å². The van der Waals surface area contributed by atoms with Crippen molar-refractivity contribution in [3.63, 3.8) is 0 Å². The molecule has 1 unspecified atom stereocenters. The summed E-state index contributed by atoms with van der Waals surface area (Å²) in [6.07, 6.45) is 5.15. The van der Waals surface area contributed by atoms with Crippen LogP contribution in [0, 0.1) is 0 Å². The molecule has 0 fully saturated rings. The first-order valence-electron chi connectivity index (χ1n) is 7.09. The fourth-order valence-electron chi connectivity index (χ4n) is 1.88. The van der Waals surface area contributed by atoms with Gasteiger partial charge in [-0.1, -0.05) is 13.0 Å². The third kappa shape index (κ3) is 7.14. The van der Waals surface area contributed by atoms with Crippen molar-refractivity contribution < 1.29 is 4.74 Å². The molecule has 2 nitrogen and oxygen atoms in total. The minimum Gasteiger partial charge on any atom is -0.377 e. The van der Waals surface area contributed by atoms with Crippen molar-refractivity contribution in [1.29, 1.82) is 0 Å². The fraction of sp³-hybridized carbons (Fsp3) is 0.733. The van der Waals surface area contributed by atoms with Crippen LogP contribution in [0.3, 0.4) is 0 Å². The van der Waals surface area contributed by atoms with Crippen LogP contribution in [-0.4, -0.2) is 25.3 Å². The van der Waals surface area contributed by atoms with Crippen molar-refractivity contribution in [3.8, 4) is 0 Å².